The molecule has 35 heavy (non-hydrogen) atoms. The Morgan fingerprint density at radius 1 is 1.09 bits per heavy atom. The van der Waals surface area contributed by atoms with E-state index < -0.39 is 10.0 Å². The van der Waals surface area contributed by atoms with E-state index in [1.807, 2.05) is 13.8 Å². The van der Waals surface area contributed by atoms with E-state index in [0.717, 1.165) is 25.7 Å². The van der Waals surface area contributed by atoms with E-state index in [1.165, 1.54) is 12.1 Å². The average Bonchev–Trinajstić information content (AvgIpc) is 3.53. The molecule has 0 bridgehead atoms. The fourth-order valence-electron chi connectivity index (χ4n) is 3.96. The summed E-state index contributed by atoms with van der Waals surface area (Å²) in [4.78, 5) is 32.9. The quantitative estimate of drug-likeness (QED) is 0.462. The Bertz CT molecular complexity index is 1150. The number of sulfonamides is 1. The zero-order valence-electron chi connectivity index (χ0n) is 20.0. The van der Waals surface area contributed by atoms with Gasteiger partial charge in [-0.05, 0) is 68.1 Å². The number of nitrogens with zero attached hydrogens (tertiary/aromatic N) is 1. The van der Waals surface area contributed by atoms with Gasteiger partial charge in [0, 0.05) is 30.3 Å². The van der Waals surface area contributed by atoms with Gasteiger partial charge in [-0.25, -0.2) is 13.1 Å². The fourth-order valence-corrected chi connectivity index (χ4v) is 5.27. The average molecular weight is 501 g/mol. The molecule has 1 saturated heterocycles. The van der Waals surface area contributed by atoms with E-state index >= 15 is 0 Å². The van der Waals surface area contributed by atoms with Crippen LogP contribution in [-0.2, 0) is 26.1 Å². The Hall–Kier alpha value is -2.79. The number of hydroxylamine groups is 1. The van der Waals surface area contributed by atoms with Crippen molar-refractivity contribution in [2.45, 2.75) is 69.2 Å². The number of amides is 2. The molecule has 0 aromatic heterocycles. The third kappa shape index (κ3) is 6.66. The van der Waals surface area contributed by atoms with Crippen LogP contribution in [0.3, 0.4) is 0 Å². The molecule has 2 aliphatic rings. The lowest BCUT2D eigenvalue weighted by molar-refractivity contribution is -0.115. The van der Waals surface area contributed by atoms with Crippen molar-refractivity contribution in [3.63, 3.8) is 0 Å². The summed E-state index contributed by atoms with van der Waals surface area (Å²) in [5.74, 6) is -0.323. The number of nitrogens with one attached hydrogen (secondary N) is 3. The first-order chi connectivity index (χ1) is 16.7. The number of benzene rings is 2. The SMILES string of the molecule is CCCN(C(=O)c1ccc(NC(=O)Cc2ccc(S(=O)(=O)NC3CC3)cc2)cc1)C1CC(C)ON1. The van der Waals surface area contributed by atoms with Crippen LogP contribution < -0.4 is 15.5 Å². The predicted molar refractivity (Wildman–Crippen MR) is 132 cm³/mol. The van der Waals surface area contributed by atoms with E-state index in [4.69, 9.17) is 4.84 Å². The van der Waals surface area contributed by atoms with Gasteiger partial charge in [0.25, 0.3) is 5.91 Å². The number of carbonyl (C=O) groups excluding carboxylic acids is 2. The third-order valence-electron chi connectivity index (χ3n) is 5.98. The van der Waals surface area contributed by atoms with Gasteiger partial charge in [0.2, 0.25) is 15.9 Å². The summed E-state index contributed by atoms with van der Waals surface area (Å²) in [6, 6.07) is 13.2. The second-order valence-electron chi connectivity index (χ2n) is 9.14. The van der Waals surface area contributed by atoms with Crippen molar-refractivity contribution in [2.24, 2.45) is 0 Å². The molecule has 3 N–H and O–H groups in total. The first-order valence-electron chi connectivity index (χ1n) is 12.0. The zero-order valence-corrected chi connectivity index (χ0v) is 20.8. The molecule has 1 heterocycles. The molecule has 2 fully saturated rings. The molecule has 2 aromatic carbocycles. The van der Waals surface area contributed by atoms with Crippen LogP contribution >= 0.6 is 0 Å². The van der Waals surface area contributed by atoms with Gasteiger partial charge in [-0.3, -0.25) is 14.4 Å². The maximum Gasteiger partial charge on any atom is 0.255 e. The molecule has 2 amide bonds. The van der Waals surface area contributed by atoms with Crippen molar-refractivity contribution in [1.82, 2.24) is 15.1 Å². The summed E-state index contributed by atoms with van der Waals surface area (Å²) in [5, 5.41) is 2.82. The number of anilines is 1. The van der Waals surface area contributed by atoms with Crippen LogP contribution in [0.15, 0.2) is 53.4 Å². The minimum atomic E-state index is -3.51. The summed E-state index contributed by atoms with van der Waals surface area (Å²) < 4.78 is 27.2. The van der Waals surface area contributed by atoms with Gasteiger partial charge in [0.1, 0.15) is 6.17 Å². The number of rotatable bonds is 10. The van der Waals surface area contributed by atoms with Crippen molar-refractivity contribution in [3.8, 4) is 0 Å². The molecule has 2 aromatic rings. The fraction of sp³-hybridized carbons (Fsp3) is 0.440. The highest BCUT2D eigenvalue weighted by atomic mass is 32.2. The van der Waals surface area contributed by atoms with E-state index in [9.17, 15) is 18.0 Å². The maximum atomic E-state index is 13.1. The Kier molecular flexibility index (Phi) is 7.85. The summed E-state index contributed by atoms with van der Waals surface area (Å²) in [7, 11) is -3.51. The first kappa shape index (κ1) is 25.3. The standard InChI is InChI=1S/C25H32N4O5S/c1-3-14-29(23-15-17(2)34-27-23)25(31)19-6-8-20(9-7-19)26-24(30)16-18-4-12-22(13-5-18)35(32,33)28-21-10-11-21/h4-9,12-13,17,21,23,27-28H,3,10-11,14-16H2,1-2H3,(H,26,30). The molecule has 9 nitrogen and oxygen atoms in total. The highest BCUT2D eigenvalue weighted by molar-refractivity contribution is 7.89. The Morgan fingerprint density at radius 2 is 1.77 bits per heavy atom. The van der Waals surface area contributed by atoms with Crippen molar-refractivity contribution >= 4 is 27.5 Å². The van der Waals surface area contributed by atoms with Gasteiger partial charge in [-0.15, -0.1) is 0 Å². The normalized spacial score (nSPS) is 19.9. The predicted octanol–water partition coefficient (Wildman–Crippen LogP) is 2.80. The minimum Gasteiger partial charge on any atom is -0.326 e. The molecule has 10 heteroatoms. The largest absolute Gasteiger partial charge is 0.326 e. The van der Waals surface area contributed by atoms with Gasteiger partial charge in [-0.1, -0.05) is 19.1 Å². The topological polar surface area (TPSA) is 117 Å². The van der Waals surface area contributed by atoms with E-state index in [0.29, 0.717) is 23.4 Å². The summed E-state index contributed by atoms with van der Waals surface area (Å²) in [5.41, 5.74) is 4.76. The van der Waals surface area contributed by atoms with E-state index in [2.05, 4.69) is 15.5 Å². The molecular formula is C25H32N4O5S. The molecule has 0 spiro atoms. The Labute approximate surface area is 206 Å². The monoisotopic (exact) mass is 500 g/mol. The smallest absolute Gasteiger partial charge is 0.255 e. The van der Waals surface area contributed by atoms with Crippen molar-refractivity contribution in [3.05, 3.63) is 59.7 Å². The van der Waals surface area contributed by atoms with Crippen LogP contribution in [0.25, 0.3) is 0 Å². The van der Waals surface area contributed by atoms with Crippen molar-refractivity contribution in [2.75, 3.05) is 11.9 Å². The van der Waals surface area contributed by atoms with Crippen LogP contribution in [0, 0.1) is 0 Å². The molecular weight excluding hydrogens is 468 g/mol. The molecule has 2 atom stereocenters. The van der Waals surface area contributed by atoms with Crippen LogP contribution in [0.2, 0.25) is 0 Å². The Balaban J connectivity index is 1.33. The molecule has 0 radical (unpaired) electrons. The van der Waals surface area contributed by atoms with Crippen LogP contribution in [-0.4, -0.2) is 50.0 Å². The lowest BCUT2D eigenvalue weighted by Crippen LogP contribution is -2.45. The minimum absolute atomic E-state index is 0.0407. The molecule has 2 unspecified atom stereocenters. The van der Waals surface area contributed by atoms with Crippen molar-refractivity contribution < 1.29 is 22.8 Å². The van der Waals surface area contributed by atoms with Gasteiger partial charge in [0.05, 0.1) is 17.4 Å². The van der Waals surface area contributed by atoms with Gasteiger partial charge >= 0.3 is 0 Å². The first-order valence-corrected chi connectivity index (χ1v) is 13.5. The van der Waals surface area contributed by atoms with Crippen LogP contribution in [0.4, 0.5) is 5.69 Å². The second-order valence-corrected chi connectivity index (χ2v) is 10.9. The lowest BCUT2D eigenvalue weighted by atomic mass is 10.1. The van der Waals surface area contributed by atoms with Crippen molar-refractivity contribution in [1.29, 1.82) is 0 Å². The van der Waals surface area contributed by atoms with Gasteiger partial charge < -0.3 is 10.2 Å². The molecule has 1 aliphatic carbocycles. The van der Waals surface area contributed by atoms with Gasteiger partial charge in [-0.2, -0.15) is 5.48 Å². The summed E-state index contributed by atoms with van der Waals surface area (Å²) >= 11 is 0. The maximum absolute atomic E-state index is 13.1. The van der Waals surface area contributed by atoms with E-state index in [-0.39, 0.29) is 41.4 Å². The lowest BCUT2D eigenvalue weighted by Gasteiger charge is -2.27. The molecule has 1 aliphatic heterocycles. The highest BCUT2D eigenvalue weighted by Crippen LogP contribution is 2.23. The molecule has 188 valence electrons. The molecule has 1 saturated carbocycles. The number of hydrogen-bond acceptors (Lipinski definition) is 6. The molecule has 4 rings (SSSR count). The summed E-state index contributed by atoms with van der Waals surface area (Å²) in [6.45, 7) is 4.60. The van der Waals surface area contributed by atoms with Crippen LogP contribution in [0.1, 0.15) is 55.5 Å². The summed E-state index contributed by atoms with van der Waals surface area (Å²) in [6.07, 6.45) is 3.28. The highest BCUT2D eigenvalue weighted by Gasteiger charge is 2.31. The third-order valence-corrected chi connectivity index (χ3v) is 7.51. The number of hydrogen-bond donors (Lipinski definition) is 3. The second kappa shape index (κ2) is 10.9. The Morgan fingerprint density at radius 3 is 2.34 bits per heavy atom. The zero-order chi connectivity index (χ0) is 25.0. The van der Waals surface area contributed by atoms with Crippen LogP contribution in [0.5, 0.6) is 0 Å². The van der Waals surface area contributed by atoms with E-state index in [1.54, 1.807) is 41.3 Å². The number of carbonyl (C=O) groups is 2. The van der Waals surface area contributed by atoms with Gasteiger partial charge in [0.15, 0.2) is 0 Å².